The molecule has 8 heteroatoms. The van der Waals surface area contributed by atoms with Gasteiger partial charge in [0.05, 0.1) is 7.11 Å². The molecule has 0 unspecified atom stereocenters. The van der Waals surface area contributed by atoms with Gasteiger partial charge in [0.2, 0.25) is 5.91 Å². The van der Waals surface area contributed by atoms with Gasteiger partial charge in [-0.3, -0.25) is 19.3 Å². The zero-order valence-electron chi connectivity index (χ0n) is 14.6. The second-order valence-corrected chi connectivity index (χ2v) is 6.41. The van der Waals surface area contributed by atoms with Gasteiger partial charge in [-0.1, -0.05) is 25.0 Å². The summed E-state index contributed by atoms with van der Waals surface area (Å²) in [4.78, 5) is 50.5. The Kier molecular flexibility index (Phi) is 5.20. The molecule has 0 radical (unpaired) electrons. The lowest BCUT2D eigenvalue weighted by Gasteiger charge is -2.20. The van der Waals surface area contributed by atoms with Crippen molar-refractivity contribution in [3.05, 3.63) is 29.8 Å². The highest BCUT2D eigenvalue weighted by Crippen LogP contribution is 2.27. The van der Waals surface area contributed by atoms with Crippen molar-refractivity contribution in [3.63, 3.8) is 0 Å². The van der Waals surface area contributed by atoms with Crippen LogP contribution >= 0.6 is 0 Å². The molecule has 1 aliphatic carbocycles. The standard InChI is InChI=1S/C18H21N3O5/c1-26-14-8-6-12(7-9-14)10-19-15(22)11-20-16(23)17(24)21(18(20)25)13-4-2-3-5-13/h6-9,13H,2-5,10-11H2,1H3,(H,19,22). The van der Waals surface area contributed by atoms with Crippen LogP contribution in [0.3, 0.4) is 0 Å². The van der Waals surface area contributed by atoms with E-state index in [1.54, 1.807) is 31.4 Å². The average Bonchev–Trinajstić information content (AvgIpc) is 3.24. The molecule has 0 bridgehead atoms. The van der Waals surface area contributed by atoms with Crippen molar-refractivity contribution >= 4 is 23.8 Å². The number of rotatable bonds is 6. The molecular formula is C18H21N3O5. The Morgan fingerprint density at radius 1 is 1.12 bits per heavy atom. The zero-order valence-corrected chi connectivity index (χ0v) is 14.6. The topological polar surface area (TPSA) is 96.0 Å². The number of imide groups is 2. The third-order valence-corrected chi connectivity index (χ3v) is 4.72. The molecule has 1 aliphatic heterocycles. The number of methoxy groups -OCH3 is 1. The van der Waals surface area contributed by atoms with Crippen LogP contribution in [-0.2, 0) is 20.9 Å². The summed E-state index contributed by atoms with van der Waals surface area (Å²) >= 11 is 0. The first kappa shape index (κ1) is 17.9. The van der Waals surface area contributed by atoms with Crippen molar-refractivity contribution in [2.75, 3.05) is 13.7 Å². The van der Waals surface area contributed by atoms with Crippen LogP contribution in [-0.4, -0.2) is 53.2 Å². The van der Waals surface area contributed by atoms with Crippen molar-refractivity contribution in [2.24, 2.45) is 0 Å². The molecule has 0 aromatic heterocycles. The van der Waals surface area contributed by atoms with Gasteiger partial charge in [0.1, 0.15) is 12.3 Å². The number of amides is 5. The van der Waals surface area contributed by atoms with Crippen LogP contribution in [0.15, 0.2) is 24.3 Å². The highest BCUT2D eigenvalue weighted by atomic mass is 16.5. The Morgan fingerprint density at radius 2 is 1.77 bits per heavy atom. The zero-order chi connectivity index (χ0) is 18.7. The minimum absolute atomic E-state index is 0.230. The lowest BCUT2D eigenvalue weighted by atomic mass is 10.2. The fourth-order valence-corrected chi connectivity index (χ4v) is 3.29. The summed E-state index contributed by atoms with van der Waals surface area (Å²) < 4.78 is 5.06. The second kappa shape index (κ2) is 7.55. The Labute approximate surface area is 151 Å². The maximum Gasteiger partial charge on any atom is 0.334 e. The molecule has 1 aromatic rings. The molecule has 1 aromatic carbocycles. The van der Waals surface area contributed by atoms with E-state index in [-0.39, 0.29) is 12.6 Å². The van der Waals surface area contributed by atoms with E-state index < -0.39 is 30.3 Å². The average molecular weight is 359 g/mol. The Balaban J connectivity index is 1.57. The molecule has 5 amide bonds. The number of carbonyl (C=O) groups excluding carboxylic acids is 4. The summed E-state index contributed by atoms with van der Waals surface area (Å²) in [6.07, 6.45) is 3.28. The molecule has 0 spiro atoms. The van der Waals surface area contributed by atoms with E-state index in [4.69, 9.17) is 4.74 Å². The van der Waals surface area contributed by atoms with E-state index >= 15 is 0 Å². The minimum atomic E-state index is -0.929. The number of carbonyl (C=O) groups is 4. The first-order valence-electron chi connectivity index (χ1n) is 8.60. The highest BCUT2D eigenvalue weighted by Gasteiger charge is 2.48. The molecule has 0 atom stereocenters. The fraction of sp³-hybridized carbons (Fsp3) is 0.444. The molecule has 3 rings (SSSR count). The molecule has 2 aliphatic rings. The van der Waals surface area contributed by atoms with Crippen LogP contribution in [0.2, 0.25) is 0 Å². The van der Waals surface area contributed by atoms with Crippen molar-refractivity contribution in [2.45, 2.75) is 38.3 Å². The molecule has 1 saturated heterocycles. The van der Waals surface area contributed by atoms with Crippen molar-refractivity contribution in [3.8, 4) is 5.75 Å². The number of urea groups is 1. The largest absolute Gasteiger partial charge is 0.497 e. The number of benzene rings is 1. The summed E-state index contributed by atoms with van der Waals surface area (Å²) in [5, 5.41) is 2.65. The fourth-order valence-electron chi connectivity index (χ4n) is 3.29. The van der Waals surface area contributed by atoms with Gasteiger partial charge in [0.25, 0.3) is 0 Å². The van der Waals surface area contributed by atoms with E-state index in [0.717, 1.165) is 28.2 Å². The van der Waals surface area contributed by atoms with E-state index in [2.05, 4.69) is 5.32 Å². The summed E-state index contributed by atoms with van der Waals surface area (Å²) in [6.45, 7) is -0.206. The SMILES string of the molecule is COc1ccc(CNC(=O)CN2C(=O)C(=O)N(C3CCCC3)C2=O)cc1. The molecule has 26 heavy (non-hydrogen) atoms. The third kappa shape index (κ3) is 3.54. The lowest BCUT2D eigenvalue weighted by molar-refractivity contribution is -0.144. The summed E-state index contributed by atoms with van der Waals surface area (Å²) in [6, 6.07) is 6.23. The maximum atomic E-state index is 12.4. The van der Waals surface area contributed by atoms with Crippen molar-refractivity contribution < 1.29 is 23.9 Å². The first-order chi connectivity index (χ1) is 12.5. The van der Waals surface area contributed by atoms with E-state index in [1.807, 2.05) is 0 Å². The van der Waals surface area contributed by atoms with Gasteiger partial charge in [-0.25, -0.2) is 9.69 Å². The molecule has 1 N–H and O–H groups in total. The predicted molar refractivity (Wildman–Crippen MR) is 91.1 cm³/mol. The van der Waals surface area contributed by atoms with Gasteiger partial charge >= 0.3 is 17.8 Å². The molecule has 1 heterocycles. The van der Waals surface area contributed by atoms with Crippen LogP contribution < -0.4 is 10.1 Å². The number of ether oxygens (including phenoxy) is 1. The quantitative estimate of drug-likeness (QED) is 0.605. The van der Waals surface area contributed by atoms with Crippen LogP contribution in [0.1, 0.15) is 31.2 Å². The molecule has 2 fully saturated rings. The molecule has 138 valence electrons. The van der Waals surface area contributed by atoms with Crippen LogP contribution in [0.5, 0.6) is 5.75 Å². The third-order valence-electron chi connectivity index (χ3n) is 4.72. The van der Waals surface area contributed by atoms with Gasteiger partial charge < -0.3 is 10.1 Å². The maximum absolute atomic E-state index is 12.4. The van der Waals surface area contributed by atoms with Gasteiger partial charge in [0, 0.05) is 12.6 Å². The predicted octanol–water partition coefficient (Wildman–Crippen LogP) is 1.04. The highest BCUT2D eigenvalue weighted by molar-refractivity contribution is 6.45. The van der Waals surface area contributed by atoms with Gasteiger partial charge in [-0.05, 0) is 30.5 Å². The normalized spacial score (nSPS) is 18.0. The first-order valence-corrected chi connectivity index (χ1v) is 8.60. The summed E-state index contributed by atoms with van der Waals surface area (Å²) in [7, 11) is 1.57. The van der Waals surface area contributed by atoms with Crippen LogP contribution in [0.25, 0.3) is 0 Å². The minimum Gasteiger partial charge on any atom is -0.497 e. The Morgan fingerprint density at radius 3 is 2.38 bits per heavy atom. The Hall–Kier alpha value is -2.90. The van der Waals surface area contributed by atoms with Crippen LogP contribution in [0, 0.1) is 0 Å². The van der Waals surface area contributed by atoms with Crippen molar-refractivity contribution in [1.82, 2.24) is 15.1 Å². The monoisotopic (exact) mass is 359 g/mol. The Bertz CT molecular complexity index is 725. The van der Waals surface area contributed by atoms with E-state index in [0.29, 0.717) is 18.6 Å². The van der Waals surface area contributed by atoms with Crippen molar-refractivity contribution in [1.29, 1.82) is 0 Å². The number of nitrogens with one attached hydrogen (secondary N) is 1. The lowest BCUT2D eigenvalue weighted by Crippen LogP contribution is -2.43. The summed E-state index contributed by atoms with van der Waals surface area (Å²) in [5.74, 6) is -1.55. The van der Waals surface area contributed by atoms with E-state index in [9.17, 15) is 19.2 Å². The number of nitrogens with zero attached hydrogens (tertiary/aromatic N) is 2. The number of hydrogen-bond acceptors (Lipinski definition) is 5. The van der Waals surface area contributed by atoms with E-state index in [1.165, 1.54) is 0 Å². The van der Waals surface area contributed by atoms with Gasteiger partial charge in [-0.15, -0.1) is 0 Å². The summed E-state index contributed by atoms with van der Waals surface area (Å²) in [5.41, 5.74) is 0.849. The van der Waals surface area contributed by atoms with Crippen LogP contribution in [0.4, 0.5) is 4.79 Å². The molecule has 1 saturated carbocycles. The van der Waals surface area contributed by atoms with Gasteiger partial charge in [0.15, 0.2) is 0 Å². The second-order valence-electron chi connectivity index (χ2n) is 6.41. The smallest absolute Gasteiger partial charge is 0.334 e. The molecule has 8 nitrogen and oxygen atoms in total. The molecular weight excluding hydrogens is 338 g/mol. The number of hydrogen-bond donors (Lipinski definition) is 1. The van der Waals surface area contributed by atoms with Gasteiger partial charge in [-0.2, -0.15) is 0 Å².